The van der Waals surface area contributed by atoms with Gasteiger partial charge in [0.15, 0.2) is 12.3 Å². The van der Waals surface area contributed by atoms with E-state index < -0.39 is 0 Å². The van der Waals surface area contributed by atoms with Gasteiger partial charge in [0.1, 0.15) is 17.7 Å². The van der Waals surface area contributed by atoms with Gasteiger partial charge in [0.2, 0.25) is 0 Å². The minimum atomic E-state index is -0.346. The van der Waals surface area contributed by atoms with Crippen LogP contribution >= 0.6 is 0 Å². The molecule has 1 aliphatic rings. The van der Waals surface area contributed by atoms with Gasteiger partial charge in [-0.3, -0.25) is 9.69 Å². The largest absolute Gasteiger partial charge is 0.484 e. The number of benzene rings is 2. The van der Waals surface area contributed by atoms with Crippen LogP contribution in [0.4, 0.5) is 4.39 Å². The van der Waals surface area contributed by atoms with Crippen molar-refractivity contribution in [2.24, 2.45) is 0 Å². The maximum absolute atomic E-state index is 13.5. The quantitative estimate of drug-likeness (QED) is 0.549. The Morgan fingerprint density at radius 2 is 1.90 bits per heavy atom. The van der Waals surface area contributed by atoms with Gasteiger partial charge in [-0.2, -0.15) is 4.58 Å². The highest BCUT2D eigenvalue weighted by atomic mass is 19.1. The monoisotopic (exact) mass is 424 g/mol. The van der Waals surface area contributed by atoms with E-state index in [9.17, 15) is 14.0 Å². The lowest BCUT2D eigenvalue weighted by atomic mass is 10.1. The molecule has 2 aromatic carbocycles. The average Bonchev–Trinajstić information content (AvgIpc) is 2.78. The van der Waals surface area contributed by atoms with Gasteiger partial charge in [0.25, 0.3) is 5.91 Å². The summed E-state index contributed by atoms with van der Waals surface area (Å²) in [4.78, 5) is 25.9. The Hall–Kier alpha value is -3.32. The number of nitrogens with zero attached hydrogens (tertiary/aromatic N) is 2. The molecule has 0 bridgehead atoms. The van der Waals surface area contributed by atoms with Crippen LogP contribution in [-0.2, 0) is 4.79 Å². The first-order chi connectivity index (χ1) is 14.9. The number of halogens is 1. The summed E-state index contributed by atoms with van der Waals surface area (Å²) >= 11 is 0. The molecule has 0 aliphatic carbocycles. The number of rotatable bonds is 7. The van der Waals surface area contributed by atoms with E-state index in [4.69, 9.17) is 4.74 Å². The zero-order valence-corrected chi connectivity index (χ0v) is 17.8. The third-order valence-electron chi connectivity index (χ3n) is 5.28. The molecule has 0 fully saturated rings. The fraction of sp³-hybridized carbons (Fsp3) is 0.292. The molecule has 0 unspecified atom stereocenters. The van der Waals surface area contributed by atoms with E-state index in [-0.39, 0.29) is 23.7 Å². The predicted molar refractivity (Wildman–Crippen MR) is 117 cm³/mol. The molecule has 0 saturated carbocycles. The van der Waals surface area contributed by atoms with E-state index in [1.54, 1.807) is 48.0 Å². The third kappa shape index (κ3) is 5.64. The Labute approximate surface area is 181 Å². The molecule has 3 rings (SSSR count). The van der Waals surface area contributed by atoms with Crippen LogP contribution in [0.2, 0.25) is 0 Å². The lowest BCUT2D eigenvalue weighted by Gasteiger charge is -2.29. The molecular formula is C24H27FN3O3+. The van der Waals surface area contributed by atoms with Gasteiger partial charge in [0, 0.05) is 32.2 Å². The number of hydrogen-bond acceptors (Lipinski definition) is 4. The highest BCUT2D eigenvalue weighted by Gasteiger charge is 2.28. The highest BCUT2D eigenvalue weighted by Crippen LogP contribution is 2.24. The van der Waals surface area contributed by atoms with Crippen LogP contribution in [0, 0.1) is 5.82 Å². The molecule has 1 N–H and O–H groups in total. The number of nitrogens with one attached hydrogen (secondary N) is 1. The van der Waals surface area contributed by atoms with Crippen LogP contribution in [0.25, 0.3) is 0 Å². The van der Waals surface area contributed by atoms with Gasteiger partial charge in [0.05, 0.1) is 13.1 Å². The standard InChI is InChI=1S/C24H26FN3O3/c1-4-23(29)28-14-13-27(15-17(28)2)16-22(18-5-9-20(25)10-6-18)31-21-11-7-19(8-12-21)24(30)26-3/h4-12,22H,1,13-16H2,2-3H3/p+1/t22-/m1/s1. The van der Waals surface area contributed by atoms with Crippen molar-refractivity contribution in [3.63, 3.8) is 0 Å². The van der Waals surface area contributed by atoms with Crippen LogP contribution in [0.1, 0.15) is 28.9 Å². The highest BCUT2D eigenvalue weighted by molar-refractivity contribution is 5.94. The molecule has 6 nitrogen and oxygen atoms in total. The Morgan fingerprint density at radius 3 is 2.48 bits per heavy atom. The van der Waals surface area contributed by atoms with Crippen molar-refractivity contribution in [1.82, 2.24) is 10.2 Å². The maximum atomic E-state index is 13.5. The fourth-order valence-corrected chi connectivity index (χ4v) is 3.60. The van der Waals surface area contributed by atoms with Crippen molar-refractivity contribution in [3.05, 3.63) is 78.1 Å². The molecule has 0 saturated heterocycles. The summed E-state index contributed by atoms with van der Waals surface area (Å²) in [6, 6.07) is 13.2. The summed E-state index contributed by atoms with van der Waals surface area (Å²) in [5, 5.41) is 2.59. The Balaban J connectivity index is 1.79. The molecule has 0 spiro atoms. The lowest BCUT2D eigenvalue weighted by Crippen LogP contribution is -2.47. The zero-order valence-electron chi connectivity index (χ0n) is 17.8. The van der Waals surface area contributed by atoms with Gasteiger partial charge in [-0.1, -0.05) is 18.7 Å². The van der Waals surface area contributed by atoms with E-state index in [0.29, 0.717) is 37.5 Å². The number of carbonyl (C=O) groups excluding carboxylic acids is 2. The molecule has 162 valence electrons. The van der Waals surface area contributed by atoms with E-state index in [1.807, 2.05) is 6.92 Å². The minimum absolute atomic E-state index is 0.0975. The fourth-order valence-electron chi connectivity index (χ4n) is 3.60. The molecule has 7 heteroatoms. The Kier molecular flexibility index (Phi) is 7.31. The third-order valence-corrected chi connectivity index (χ3v) is 5.28. The summed E-state index contributed by atoms with van der Waals surface area (Å²) in [5.41, 5.74) is 2.34. The van der Waals surface area contributed by atoms with Crippen molar-refractivity contribution in [2.45, 2.75) is 13.0 Å². The Bertz CT molecular complexity index is 984. The molecule has 31 heavy (non-hydrogen) atoms. The first-order valence-corrected chi connectivity index (χ1v) is 10.1. The van der Waals surface area contributed by atoms with E-state index in [1.165, 1.54) is 18.2 Å². The van der Waals surface area contributed by atoms with Crippen LogP contribution in [0.15, 0.2) is 61.2 Å². The van der Waals surface area contributed by atoms with Crippen LogP contribution in [0.5, 0.6) is 5.75 Å². The lowest BCUT2D eigenvalue weighted by molar-refractivity contribution is -0.451. The van der Waals surface area contributed by atoms with E-state index in [0.717, 1.165) is 11.3 Å². The van der Waals surface area contributed by atoms with Gasteiger partial charge in [-0.05, 0) is 42.0 Å². The molecule has 2 aromatic rings. The van der Waals surface area contributed by atoms with Crippen LogP contribution in [-0.4, -0.2) is 60.2 Å². The minimum Gasteiger partial charge on any atom is -0.484 e. The summed E-state index contributed by atoms with van der Waals surface area (Å²) in [6.45, 7) is 7.94. The van der Waals surface area contributed by atoms with Gasteiger partial charge in [-0.15, -0.1) is 0 Å². The second kappa shape index (κ2) is 10.1. The van der Waals surface area contributed by atoms with Crippen LogP contribution < -0.4 is 10.1 Å². The first kappa shape index (κ1) is 22.4. The predicted octanol–water partition coefficient (Wildman–Crippen LogP) is 2.81. The smallest absolute Gasteiger partial charge is 0.411 e. The van der Waals surface area contributed by atoms with Gasteiger partial charge in [-0.25, -0.2) is 9.18 Å². The number of amides is 2. The molecule has 0 aromatic heterocycles. The molecule has 1 aliphatic heterocycles. The van der Waals surface area contributed by atoms with Gasteiger partial charge >= 0.3 is 5.91 Å². The van der Waals surface area contributed by atoms with Crippen molar-refractivity contribution < 1.29 is 23.3 Å². The summed E-state index contributed by atoms with van der Waals surface area (Å²) in [6.07, 6.45) is 0.979. The summed E-state index contributed by atoms with van der Waals surface area (Å²) in [7, 11) is 1.58. The zero-order chi connectivity index (χ0) is 22.4. The molecule has 2 amide bonds. The van der Waals surface area contributed by atoms with Crippen molar-refractivity contribution in [1.29, 1.82) is 0 Å². The molecular weight excluding hydrogens is 397 g/mol. The summed E-state index contributed by atoms with van der Waals surface area (Å²) in [5.74, 6) is 0.0422. The van der Waals surface area contributed by atoms with Crippen molar-refractivity contribution >= 4 is 17.5 Å². The first-order valence-electron chi connectivity index (χ1n) is 10.1. The SMILES string of the molecule is C=CC(=O)[N+]1=C(C)CN(C[C@@H](Oc2ccc(C(=O)NC)cc2)c2ccc(F)cc2)CC1. The molecule has 1 atom stereocenters. The second-order valence-corrected chi connectivity index (χ2v) is 7.43. The van der Waals surface area contributed by atoms with Crippen molar-refractivity contribution in [3.8, 4) is 5.75 Å². The Morgan fingerprint density at radius 1 is 1.23 bits per heavy atom. The normalized spacial score (nSPS) is 15.3. The maximum Gasteiger partial charge on any atom is 0.411 e. The molecule has 0 radical (unpaired) electrons. The average molecular weight is 424 g/mol. The van der Waals surface area contributed by atoms with E-state index >= 15 is 0 Å². The van der Waals surface area contributed by atoms with Gasteiger partial charge < -0.3 is 10.1 Å². The van der Waals surface area contributed by atoms with Crippen LogP contribution in [0.3, 0.4) is 0 Å². The number of carbonyl (C=O) groups is 2. The van der Waals surface area contributed by atoms with E-state index in [2.05, 4.69) is 16.8 Å². The summed E-state index contributed by atoms with van der Waals surface area (Å²) < 4.78 is 21.4. The number of ether oxygens (including phenoxy) is 1. The number of hydrogen-bond donors (Lipinski definition) is 1. The molecule has 1 heterocycles. The second-order valence-electron chi connectivity index (χ2n) is 7.43. The van der Waals surface area contributed by atoms with Crippen molar-refractivity contribution in [2.75, 3.05) is 33.2 Å². The topological polar surface area (TPSA) is 61.6 Å².